The fraction of sp³-hybridized carbons (Fsp3) is 0.556. The van der Waals surface area contributed by atoms with Crippen LogP contribution in [-0.2, 0) is 17.3 Å². The molecule has 170 valence electrons. The molecule has 0 amide bonds. The highest BCUT2D eigenvalue weighted by Crippen LogP contribution is 2.40. The molecule has 0 N–H and O–H groups in total. The third-order valence-corrected chi connectivity index (χ3v) is 6.63. The zero-order chi connectivity index (χ0) is 22.4. The quantitative estimate of drug-likeness (QED) is 0.385. The highest BCUT2D eigenvalue weighted by Gasteiger charge is 2.38. The number of aryl methyl sites for hydroxylation is 1. The number of benzene rings is 2. The van der Waals surface area contributed by atoms with Gasteiger partial charge in [-0.3, -0.25) is 0 Å². The normalized spacial score (nSPS) is 20.6. The van der Waals surface area contributed by atoms with E-state index in [0.717, 1.165) is 55.6 Å². The lowest BCUT2D eigenvalue weighted by molar-refractivity contribution is -0.273. The van der Waals surface area contributed by atoms with Crippen LogP contribution in [-0.4, -0.2) is 0 Å². The molecule has 2 aromatic carbocycles. The van der Waals surface area contributed by atoms with Crippen molar-refractivity contribution in [3.8, 4) is 0 Å². The smallest absolute Gasteiger partial charge is 0.309 e. The van der Waals surface area contributed by atoms with Crippen molar-refractivity contribution >= 4 is 0 Å². The summed E-state index contributed by atoms with van der Waals surface area (Å²) in [5.74, 6) is 0.121. The van der Waals surface area contributed by atoms with Crippen molar-refractivity contribution in [1.29, 1.82) is 0 Å². The van der Waals surface area contributed by atoms with Gasteiger partial charge in [-0.25, -0.2) is 4.39 Å². The summed E-state index contributed by atoms with van der Waals surface area (Å²) in [5.41, 5.74) is 1.95. The number of alkyl halides is 2. The van der Waals surface area contributed by atoms with Gasteiger partial charge in [0, 0.05) is 0 Å². The molecule has 0 spiro atoms. The van der Waals surface area contributed by atoms with Gasteiger partial charge in [-0.15, -0.1) is 0 Å². The van der Waals surface area contributed by atoms with Gasteiger partial charge in [0.15, 0.2) is 0 Å². The summed E-state index contributed by atoms with van der Waals surface area (Å²) in [6.07, 6.45) is 4.14. The van der Waals surface area contributed by atoms with Crippen molar-refractivity contribution in [2.24, 2.45) is 5.92 Å². The van der Waals surface area contributed by atoms with Crippen LogP contribution in [0.2, 0.25) is 0 Å². The minimum Gasteiger partial charge on any atom is -0.309 e. The number of rotatable bonds is 9. The van der Waals surface area contributed by atoms with Crippen molar-refractivity contribution in [3.05, 3.63) is 70.5 Å². The lowest BCUT2D eigenvalue weighted by atomic mass is 9.77. The maximum absolute atomic E-state index is 14.8. The topological polar surface area (TPSA) is 9.23 Å². The largest absolute Gasteiger partial charge is 0.386 e. The molecule has 0 aromatic heterocycles. The average Bonchev–Trinajstić information content (AvgIpc) is 2.74. The zero-order valence-corrected chi connectivity index (χ0v) is 19.0. The molecule has 0 bridgehead atoms. The number of halogens is 3. The fourth-order valence-electron chi connectivity index (χ4n) is 4.81. The third kappa shape index (κ3) is 6.12. The molecule has 1 fully saturated rings. The van der Waals surface area contributed by atoms with Crippen molar-refractivity contribution < 1.29 is 17.9 Å². The molecule has 2 aromatic rings. The minimum atomic E-state index is -3.69. The van der Waals surface area contributed by atoms with Crippen LogP contribution in [0.3, 0.4) is 0 Å². The van der Waals surface area contributed by atoms with Gasteiger partial charge in [-0.05, 0) is 79.7 Å². The number of ether oxygens (including phenoxy) is 1. The first-order chi connectivity index (χ1) is 14.8. The van der Waals surface area contributed by atoms with E-state index in [0.29, 0.717) is 5.56 Å². The molecular formula is C27H35F3O. The highest BCUT2D eigenvalue weighted by molar-refractivity contribution is 5.30. The predicted octanol–water partition coefficient (Wildman–Crippen LogP) is 8.68. The molecule has 1 atom stereocenters. The fourth-order valence-corrected chi connectivity index (χ4v) is 4.81. The second-order valence-electron chi connectivity index (χ2n) is 9.01. The monoisotopic (exact) mass is 432 g/mol. The Labute approximate surface area is 185 Å². The van der Waals surface area contributed by atoms with Gasteiger partial charge in [0.2, 0.25) is 0 Å². The molecule has 0 aliphatic heterocycles. The first-order valence-corrected chi connectivity index (χ1v) is 11.8. The SMILES string of the molecule is CCCc1ccc(C(C)OC(F)(F)c2ccc(C3CCC(CCC)CC3)cc2F)cc1. The molecule has 1 unspecified atom stereocenters. The van der Waals surface area contributed by atoms with E-state index in [2.05, 4.69) is 13.8 Å². The molecule has 4 heteroatoms. The van der Waals surface area contributed by atoms with Crippen LogP contribution in [0.5, 0.6) is 0 Å². The molecule has 0 heterocycles. The van der Waals surface area contributed by atoms with Crippen LogP contribution >= 0.6 is 0 Å². The second-order valence-corrected chi connectivity index (χ2v) is 9.01. The minimum absolute atomic E-state index is 0.256. The summed E-state index contributed by atoms with van der Waals surface area (Å²) in [4.78, 5) is 0. The Balaban J connectivity index is 1.66. The summed E-state index contributed by atoms with van der Waals surface area (Å²) >= 11 is 0. The van der Waals surface area contributed by atoms with Crippen LogP contribution in [0, 0.1) is 11.7 Å². The zero-order valence-electron chi connectivity index (χ0n) is 19.0. The molecule has 1 aliphatic carbocycles. The van der Waals surface area contributed by atoms with Gasteiger partial charge in [-0.1, -0.05) is 63.4 Å². The van der Waals surface area contributed by atoms with Crippen LogP contribution < -0.4 is 0 Å². The highest BCUT2D eigenvalue weighted by atomic mass is 19.3. The molecule has 1 aliphatic rings. The van der Waals surface area contributed by atoms with E-state index in [-0.39, 0.29) is 5.92 Å². The average molecular weight is 433 g/mol. The third-order valence-electron chi connectivity index (χ3n) is 6.63. The van der Waals surface area contributed by atoms with Crippen molar-refractivity contribution in [2.45, 2.75) is 90.3 Å². The van der Waals surface area contributed by atoms with E-state index in [1.165, 1.54) is 25.0 Å². The second kappa shape index (κ2) is 10.7. The van der Waals surface area contributed by atoms with E-state index in [9.17, 15) is 13.2 Å². The summed E-state index contributed by atoms with van der Waals surface area (Å²) in [6, 6.07) is 11.6. The standard InChI is InChI=1S/C27H35F3O/c1-4-6-20-8-12-22(13-9-20)19(3)31-27(29,30)25-17-16-24(18-26(25)28)23-14-10-21(7-5-2)11-15-23/h8-9,12-13,16-19,21,23H,4-7,10-11,14-15H2,1-3H3. The number of hydrogen-bond acceptors (Lipinski definition) is 1. The Bertz CT molecular complexity index is 823. The van der Waals surface area contributed by atoms with E-state index in [1.807, 2.05) is 12.1 Å². The summed E-state index contributed by atoms with van der Waals surface area (Å²) in [6.45, 7) is 5.87. The van der Waals surface area contributed by atoms with Gasteiger partial charge in [-0.2, -0.15) is 8.78 Å². The van der Waals surface area contributed by atoms with Gasteiger partial charge in [0.05, 0.1) is 11.7 Å². The Morgan fingerprint density at radius 2 is 1.65 bits per heavy atom. The molecule has 1 nitrogen and oxygen atoms in total. The van der Waals surface area contributed by atoms with Crippen LogP contribution in [0.25, 0.3) is 0 Å². The van der Waals surface area contributed by atoms with Gasteiger partial charge in [0.1, 0.15) is 5.82 Å². The maximum atomic E-state index is 14.8. The van der Waals surface area contributed by atoms with E-state index in [4.69, 9.17) is 4.74 Å². The van der Waals surface area contributed by atoms with Crippen molar-refractivity contribution in [1.82, 2.24) is 0 Å². The van der Waals surface area contributed by atoms with Gasteiger partial charge >= 0.3 is 6.11 Å². The van der Waals surface area contributed by atoms with E-state index < -0.39 is 23.6 Å². The predicted molar refractivity (Wildman–Crippen MR) is 120 cm³/mol. The molecule has 31 heavy (non-hydrogen) atoms. The van der Waals surface area contributed by atoms with Gasteiger partial charge in [0.25, 0.3) is 0 Å². The lowest BCUT2D eigenvalue weighted by Gasteiger charge is -2.29. The number of hydrogen-bond donors (Lipinski definition) is 0. The lowest BCUT2D eigenvalue weighted by Crippen LogP contribution is -2.22. The summed E-state index contributed by atoms with van der Waals surface area (Å²) in [7, 11) is 0. The Kier molecular flexibility index (Phi) is 8.21. The first kappa shape index (κ1) is 23.8. The van der Waals surface area contributed by atoms with Crippen molar-refractivity contribution in [2.75, 3.05) is 0 Å². The Hall–Kier alpha value is -1.81. The van der Waals surface area contributed by atoms with E-state index in [1.54, 1.807) is 25.1 Å². The molecule has 0 saturated heterocycles. The summed E-state index contributed by atoms with van der Waals surface area (Å²) < 4.78 is 49.4. The summed E-state index contributed by atoms with van der Waals surface area (Å²) in [5, 5.41) is 0. The van der Waals surface area contributed by atoms with Crippen LogP contribution in [0.1, 0.15) is 100.0 Å². The van der Waals surface area contributed by atoms with Crippen LogP contribution in [0.15, 0.2) is 42.5 Å². The molecular weight excluding hydrogens is 397 g/mol. The van der Waals surface area contributed by atoms with E-state index >= 15 is 0 Å². The molecule has 3 rings (SSSR count). The molecule has 1 saturated carbocycles. The van der Waals surface area contributed by atoms with Crippen molar-refractivity contribution in [3.63, 3.8) is 0 Å². The van der Waals surface area contributed by atoms with Crippen LogP contribution in [0.4, 0.5) is 13.2 Å². The first-order valence-electron chi connectivity index (χ1n) is 11.8. The Morgan fingerprint density at radius 3 is 2.23 bits per heavy atom. The Morgan fingerprint density at radius 1 is 0.968 bits per heavy atom. The maximum Gasteiger partial charge on any atom is 0.386 e. The van der Waals surface area contributed by atoms with Gasteiger partial charge < -0.3 is 4.74 Å². The molecule has 0 radical (unpaired) electrons.